The Morgan fingerprint density at radius 2 is 1.72 bits per heavy atom. The van der Waals surface area contributed by atoms with Crippen molar-refractivity contribution in [3.05, 3.63) is 35.1 Å². The van der Waals surface area contributed by atoms with Crippen LogP contribution in [0.15, 0.2) is 18.2 Å². The molecule has 2 N–H and O–H groups in total. The van der Waals surface area contributed by atoms with Gasteiger partial charge in [0.2, 0.25) is 6.43 Å². The van der Waals surface area contributed by atoms with Crippen molar-refractivity contribution in [1.82, 2.24) is 0 Å². The summed E-state index contributed by atoms with van der Waals surface area (Å²) in [7, 11) is 0. The molecule has 0 aliphatic rings. The molecule has 0 unspecified atom stereocenters. The third-order valence-electron chi connectivity index (χ3n) is 2.15. The third-order valence-corrected chi connectivity index (χ3v) is 2.15. The lowest BCUT2D eigenvalue weighted by atomic mass is 9.98. The van der Waals surface area contributed by atoms with Crippen LogP contribution in [-0.2, 0) is 6.18 Å². The largest absolute Gasteiger partial charge is 0.416 e. The van der Waals surface area contributed by atoms with Crippen molar-refractivity contribution in [2.75, 3.05) is 0 Å². The van der Waals surface area contributed by atoms with E-state index < -0.39 is 42.0 Å². The summed E-state index contributed by atoms with van der Waals surface area (Å²) >= 11 is 0. The average Bonchev–Trinajstić information content (AvgIpc) is 2.14. The first kappa shape index (κ1) is 17.1. The van der Waals surface area contributed by atoms with Crippen LogP contribution >= 0.6 is 12.4 Å². The molecule has 8 heteroatoms. The summed E-state index contributed by atoms with van der Waals surface area (Å²) in [5, 5.41) is 0. The summed E-state index contributed by atoms with van der Waals surface area (Å²) in [6.45, 7) is 0. The summed E-state index contributed by atoms with van der Waals surface area (Å²) in [4.78, 5) is 0. The van der Waals surface area contributed by atoms with Gasteiger partial charge in [-0.25, -0.2) is 13.2 Å². The van der Waals surface area contributed by atoms with Crippen molar-refractivity contribution >= 4 is 12.4 Å². The molecule has 0 fully saturated rings. The van der Waals surface area contributed by atoms with Crippen molar-refractivity contribution in [2.24, 2.45) is 5.73 Å². The average molecular weight is 294 g/mol. The van der Waals surface area contributed by atoms with Gasteiger partial charge in [-0.05, 0) is 17.7 Å². The van der Waals surface area contributed by atoms with E-state index in [1.54, 1.807) is 0 Å². The quantitative estimate of drug-likeness (QED) is 0.840. The van der Waals surface area contributed by atoms with Gasteiger partial charge in [-0.2, -0.15) is 13.2 Å². The summed E-state index contributed by atoms with van der Waals surface area (Å²) in [5.74, 6) is -1.09. The standard InChI is InChI=1S/C10H9F6N.ClH/c11-5-1-2-6(8(17)4-9(12)13)7(3-5)10(14,15)16;/h1-3,8-9H,4,17H2;1H/t8-;/m1./s1. The Balaban J connectivity index is 0.00000289. The van der Waals surface area contributed by atoms with Gasteiger partial charge in [0.25, 0.3) is 0 Å². The van der Waals surface area contributed by atoms with Crippen molar-refractivity contribution in [1.29, 1.82) is 0 Å². The van der Waals surface area contributed by atoms with Crippen LogP contribution in [0.5, 0.6) is 0 Å². The predicted octanol–water partition coefficient (Wildman–Crippen LogP) is 3.92. The highest BCUT2D eigenvalue weighted by Gasteiger charge is 2.35. The monoisotopic (exact) mass is 293 g/mol. The van der Waals surface area contributed by atoms with E-state index >= 15 is 0 Å². The number of halogens is 7. The van der Waals surface area contributed by atoms with E-state index in [-0.39, 0.29) is 18.5 Å². The number of alkyl halides is 5. The van der Waals surface area contributed by atoms with Crippen LogP contribution < -0.4 is 5.73 Å². The zero-order valence-corrected chi connectivity index (χ0v) is 9.66. The van der Waals surface area contributed by atoms with Gasteiger partial charge in [0.15, 0.2) is 0 Å². The molecule has 0 heterocycles. The molecule has 0 saturated heterocycles. The van der Waals surface area contributed by atoms with E-state index in [1.807, 2.05) is 0 Å². The van der Waals surface area contributed by atoms with Crippen LogP contribution in [0, 0.1) is 5.82 Å². The van der Waals surface area contributed by atoms with Gasteiger partial charge >= 0.3 is 6.18 Å². The Morgan fingerprint density at radius 3 is 2.17 bits per heavy atom. The second-order valence-electron chi connectivity index (χ2n) is 3.46. The first-order chi connectivity index (χ1) is 7.71. The lowest BCUT2D eigenvalue weighted by Crippen LogP contribution is -2.19. The van der Waals surface area contributed by atoms with Gasteiger partial charge in [0.1, 0.15) is 5.82 Å². The lowest BCUT2D eigenvalue weighted by molar-refractivity contribution is -0.138. The maximum atomic E-state index is 12.7. The van der Waals surface area contributed by atoms with Gasteiger partial charge < -0.3 is 5.73 Å². The maximum Gasteiger partial charge on any atom is 0.416 e. The summed E-state index contributed by atoms with van der Waals surface area (Å²) in [6.07, 6.45) is -8.55. The summed E-state index contributed by atoms with van der Waals surface area (Å²) in [5.41, 5.74) is 3.40. The second kappa shape index (κ2) is 6.29. The first-order valence-electron chi connectivity index (χ1n) is 4.62. The molecular weight excluding hydrogens is 284 g/mol. The van der Waals surface area contributed by atoms with Crippen LogP contribution in [0.2, 0.25) is 0 Å². The van der Waals surface area contributed by atoms with Gasteiger partial charge in [-0.3, -0.25) is 0 Å². The van der Waals surface area contributed by atoms with E-state index in [2.05, 4.69) is 0 Å². The minimum atomic E-state index is -4.82. The molecule has 0 aliphatic heterocycles. The number of rotatable bonds is 3. The van der Waals surface area contributed by atoms with Crippen LogP contribution in [0.1, 0.15) is 23.6 Å². The van der Waals surface area contributed by atoms with Gasteiger partial charge in [0.05, 0.1) is 5.56 Å². The highest BCUT2D eigenvalue weighted by atomic mass is 35.5. The zero-order chi connectivity index (χ0) is 13.2. The molecule has 1 aromatic rings. The fourth-order valence-electron chi connectivity index (χ4n) is 1.42. The van der Waals surface area contributed by atoms with Gasteiger partial charge in [-0.1, -0.05) is 6.07 Å². The van der Waals surface area contributed by atoms with Crippen molar-refractivity contribution in [2.45, 2.75) is 25.1 Å². The number of hydrogen-bond donors (Lipinski definition) is 1. The molecule has 104 valence electrons. The number of benzene rings is 1. The maximum absolute atomic E-state index is 12.7. The highest BCUT2D eigenvalue weighted by Crippen LogP contribution is 2.35. The fourth-order valence-corrected chi connectivity index (χ4v) is 1.42. The smallest absolute Gasteiger partial charge is 0.324 e. The van der Waals surface area contributed by atoms with Crippen molar-refractivity contribution < 1.29 is 26.3 Å². The Hall–Kier alpha value is -0.950. The molecule has 1 atom stereocenters. The molecule has 1 rings (SSSR count). The Labute approximate surface area is 105 Å². The SMILES string of the molecule is Cl.N[C@H](CC(F)F)c1ccc(F)cc1C(F)(F)F. The van der Waals surface area contributed by atoms with E-state index in [9.17, 15) is 26.3 Å². The molecule has 1 aromatic carbocycles. The first-order valence-corrected chi connectivity index (χ1v) is 4.62. The Bertz CT molecular complexity index is 392. The van der Waals surface area contributed by atoms with Gasteiger partial charge in [0, 0.05) is 12.5 Å². The van der Waals surface area contributed by atoms with Crippen LogP contribution in [0.3, 0.4) is 0 Å². The van der Waals surface area contributed by atoms with Crippen LogP contribution in [-0.4, -0.2) is 6.43 Å². The number of hydrogen-bond acceptors (Lipinski definition) is 1. The molecule has 18 heavy (non-hydrogen) atoms. The molecule has 0 bridgehead atoms. The van der Waals surface area contributed by atoms with E-state index in [0.29, 0.717) is 0 Å². The normalized spacial score (nSPS) is 13.3. The van der Waals surface area contributed by atoms with E-state index in [0.717, 1.165) is 12.1 Å². The van der Waals surface area contributed by atoms with Gasteiger partial charge in [-0.15, -0.1) is 12.4 Å². The molecule has 0 aliphatic carbocycles. The zero-order valence-electron chi connectivity index (χ0n) is 8.85. The predicted molar refractivity (Wildman–Crippen MR) is 56.2 cm³/mol. The van der Waals surface area contributed by atoms with E-state index in [1.165, 1.54) is 0 Å². The minimum absolute atomic E-state index is 0. The summed E-state index contributed by atoms with van der Waals surface area (Å²) in [6, 6.07) is 0.314. The molecule has 0 saturated carbocycles. The third kappa shape index (κ3) is 4.38. The summed E-state index contributed by atoms with van der Waals surface area (Å²) < 4.78 is 74.3. The second-order valence-corrected chi connectivity index (χ2v) is 3.46. The van der Waals surface area contributed by atoms with Crippen LogP contribution in [0.25, 0.3) is 0 Å². The molecular formula is C10H10ClF6N. The van der Waals surface area contributed by atoms with Crippen molar-refractivity contribution in [3.63, 3.8) is 0 Å². The fraction of sp³-hybridized carbons (Fsp3) is 0.400. The molecule has 0 aromatic heterocycles. The molecule has 0 radical (unpaired) electrons. The Kier molecular flexibility index (Phi) is 5.95. The van der Waals surface area contributed by atoms with E-state index in [4.69, 9.17) is 5.73 Å². The van der Waals surface area contributed by atoms with Crippen molar-refractivity contribution in [3.8, 4) is 0 Å². The van der Waals surface area contributed by atoms with Crippen LogP contribution in [0.4, 0.5) is 26.3 Å². The number of nitrogens with two attached hydrogens (primary N) is 1. The minimum Gasteiger partial charge on any atom is -0.324 e. The molecule has 0 amide bonds. The topological polar surface area (TPSA) is 26.0 Å². The highest BCUT2D eigenvalue weighted by molar-refractivity contribution is 5.85. The molecule has 0 spiro atoms. The lowest BCUT2D eigenvalue weighted by Gasteiger charge is -2.18. The Morgan fingerprint density at radius 1 is 1.17 bits per heavy atom. The molecule has 1 nitrogen and oxygen atoms in total.